The lowest BCUT2D eigenvalue weighted by molar-refractivity contribution is 0.104. The Hall–Kier alpha value is -0.0800. The Kier molecular flexibility index (Phi) is 4.74. The molecule has 0 amide bonds. The van der Waals surface area contributed by atoms with E-state index in [1.807, 2.05) is 0 Å². The number of hydrogen-bond donors (Lipinski definition) is 0. The van der Waals surface area contributed by atoms with E-state index in [0.717, 1.165) is 6.04 Å². The zero-order valence-electron chi connectivity index (χ0n) is 9.42. The summed E-state index contributed by atoms with van der Waals surface area (Å²) in [6.45, 7) is 9.65. The Morgan fingerprint density at radius 2 is 1.69 bits per heavy atom. The van der Waals surface area contributed by atoms with Crippen molar-refractivity contribution >= 4 is 0 Å². The van der Waals surface area contributed by atoms with Crippen molar-refractivity contribution in [1.29, 1.82) is 0 Å². The van der Waals surface area contributed by atoms with Gasteiger partial charge in [0.2, 0.25) is 0 Å². The molecule has 0 aliphatic carbocycles. The van der Waals surface area contributed by atoms with Crippen LogP contribution >= 0.6 is 0 Å². The molecule has 0 spiro atoms. The van der Waals surface area contributed by atoms with Crippen molar-refractivity contribution in [3.63, 3.8) is 0 Å². The SMILES string of the molecule is CCC[C@H](CC)N1CCN(C)CC1. The van der Waals surface area contributed by atoms with Crippen LogP contribution in [0.5, 0.6) is 0 Å². The summed E-state index contributed by atoms with van der Waals surface area (Å²) in [4.78, 5) is 5.10. The van der Waals surface area contributed by atoms with Gasteiger partial charge in [-0.2, -0.15) is 0 Å². The normalized spacial score (nSPS) is 23.3. The highest BCUT2D eigenvalue weighted by atomic mass is 15.3. The van der Waals surface area contributed by atoms with E-state index in [9.17, 15) is 0 Å². The second-order valence-corrected chi connectivity index (χ2v) is 4.19. The van der Waals surface area contributed by atoms with Gasteiger partial charge < -0.3 is 4.90 Å². The summed E-state index contributed by atoms with van der Waals surface area (Å²) in [5.74, 6) is 0. The summed E-state index contributed by atoms with van der Waals surface area (Å²) < 4.78 is 0. The van der Waals surface area contributed by atoms with Crippen molar-refractivity contribution in [3.8, 4) is 0 Å². The number of rotatable bonds is 4. The maximum atomic E-state index is 2.67. The molecule has 1 fully saturated rings. The molecule has 13 heavy (non-hydrogen) atoms. The van der Waals surface area contributed by atoms with Gasteiger partial charge in [-0.15, -0.1) is 0 Å². The van der Waals surface area contributed by atoms with Gasteiger partial charge >= 0.3 is 0 Å². The van der Waals surface area contributed by atoms with Gasteiger partial charge in [0.15, 0.2) is 0 Å². The zero-order chi connectivity index (χ0) is 9.68. The van der Waals surface area contributed by atoms with Crippen molar-refractivity contribution in [2.45, 2.75) is 39.2 Å². The highest BCUT2D eigenvalue weighted by Crippen LogP contribution is 2.12. The van der Waals surface area contributed by atoms with Crippen molar-refractivity contribution in [1.82, 2.24) is 9.80 Å². The molecular weight excluding hydrogens is 160 g/mol. The van der Waals surface area contributed by atoms with E-state index in [-0.39, 0.29) is 0 Å². The van der Waals surface area contributed by atoms with Gasteiger partial charge in [-0.1, -0.05) is 20.3 Å². The van der Waals surface area contributed by atoms with E-state index < -0.39 is 0 Å². The molecule has 1 heterocycles. The third kappa shape index (κ3) is 3.28. The first-order valence-electron chi connectivity index (χ1n) is 5.70. The van der Waals surface area contributed by atoms with E-state index in [0.29, 0.717) is 0 Å². The van der Waals surface area contributed by atoms with Gasteiger partial charge in [-0.25, -0.2) is 0 Å². The molecule has 0 aromatic heterocycles. The quantitative estimate of drug-likeness (QED) is 0.657. The van der Waals surface area contributed by atoms with Gasteiger partial charge in [0.1, 0.15) is 0 Å². The Labute approximate surface area is 82.9 Å². The standard InChI is InChI=1S/C11H24N2/c1-4-6-11(5-2)13-9-7-12(3)8-10-13/h11H,4-10H2,1-3H3/t11-/m0/s1. The Bertz CT molecular complexity index is 128. The van der Waals surface area contributed by atoms with Crippen LogP contribution in [-0.4, -0.2) is 49.1 Å². The summed E-state index contributed by atoms with van der Waals surface area (Å²) in [6, 6.07) is 0.846. The van der Waals surface area contributed by atoms with E-state index in [2.05, 4.69) is 30.7 Å². The minimum atomic E-state index is 0.846. The highest BCUT2D eigenvalue weighted by molar-refractivity contribution is 4.76. The Morgan fingerprint density at radius 3 is 2.15 bits per heavy atom. The molecule has 78 valence electrons. The summed E-state index contributed by atoms with van der Waals surface area (Å²) in [7, 11) is 2.22. The van der Waals surface area contributed by atoms with Crippen molar-refractivity contribution in [2.24, 2.45) is 0 Å². The van der Waals surface area contributed by atoms with Gasteiger partial charge in [-0.05, 0) is 19.9 Å². The molecule has 0 aromatic rings. The molecule has 1 atom stereocenters. The molecule has 0 bridgehead atoms. The molecule has 1 saturated heterocycles. The predicted molar refractivity (Wildman–Crippen MR) is 58.1 cm³/mol. The zero-order valence-corrected chi connectivity index (χ0v) is 9.42. The van der Waals surface area contributed by atoms with Crippen LogP contribution < -0.4 is 0 Å². The van der Waals surface area contributed by atoms with Gasteiger partial charge in [-0.3, -0.25) is 4.90 Å². The summed E-state index contributed by atoms with van der Waals surface area (Å²) >= 11 is 0. The highest BCUT2D eigenvalue weighted by Gasteiger charge is 2.19. The third-order valence-electron chi connectivity index (χ3n) is 3.15. The fourth-order valence-electron chi connectivity index (χ4n) is 2.17. The number of hydrogen-bond acceptors (Lipinski definition) is 2. The fourth-order valence-corrected chi connectivity index (χ4v) is 2.17. The average molecular weight is 184 g/mol. The number of piperazine rings is 1. The van der Waals surface area contributed by atoms with E-state index in [1.165, 1.54) is 45.4 Å². The summed E-state index contributed by atoms with van der Waals surface area (Å²) in [5, 5.41) is 0. The van der Waals surface area contributed by atoms with Crippen molar-refractivity contribution < 1.29 is 0 Å². The average Bonchev–Trinajstić information content (AvgIpc) is 2.16. The summed E-state index contributed by atoms with van der Waals surface area (Å²) in [5.41, 5.74) is 0. The molecule has 0 N–H and O–H groups in total. The first-order valence-corrected chi connectivity index (χ1v) is 5.70. The molecule has 0 unspecified atom stereocenters. The first-order chi connectivity index (χ1) is 6.27. The molecule has 0 saturated carbocycles. The van der Waals surface area contributed by atoms with E-state index in [4.69, 9.17) is 0 Å². The van der Waals surface area contributed by atoms with Crippen LogP contribution in [0, 0.1) is 0 Å². The number of nitrogens with zero attached hydrogens (tertiary/aromatic N) is 2. The molecule has 2 nitrogen and oxygen atoms in total. The van der Waals surface area contributed by atoms with Crippen LogP contribution in [0.4, 0.5) is 0 Å². The first kappa shape index (κ1) is 11.0. The topological polar surface area (TPSA) is 6.48 Å². The third-order valence-corrected chi connectivity index (χ3v) is 3.15. The van der Waals surface area contributed by atoms with Crippen LogP contribution in [-0.2, 0) is 0 Å². The smallest absolute Gasteiger partial charge is 0.0113 e. The van der Waals surface area contributed by atoms with E-state index in [1.54, 1.807) is 0 Å². The minimum Gasteiger partial charge on any atom is -0.304 e. The molecular formula is C11H24N2. The van der Waals surface area contributed by atoms with Gasteiger partial charge in [0.05, 0.1) is 0 Å². The predicted octanol–water partition coefficient (Wildman–Crippen LogP) is 1.81. The monoisotopic (exact) mass is 184 g/mol. The Balaban J connectivity index is 2.32. The van der Waals surface area contributed by atoms with Crippen LogP contribution in [0.2, 0.25) is 0 Å². The van der Waals surface area contributed by atoms with Crippen LogP contribution in [0.3, 0.4) is 0 Å². The second-order valence-electron chi connectivity index (χ2n) is 4.19. The summed E-state index contributed by atoms with van der Waals surface area (Å²) in [6.07, 6.45) is 4.02. The Morgan fingerprint density at radius 1 is 1.08 bits per heavy atom. The maximum Gasteiger partial charge on any atom is 0.0113 e. The maximum absolute atomic E-state index is 2.67. The second kappa shape index (κ2) is 5.61. The van der Waals surface area contributed by atoms with Crippen molar-refractivity contribution in [2.75, 3.05) is 33.2 Å². The van der Waals surface area contributed by atoms with Gasteiger partial charge in [0.25, 0.3) is 0 Å². The molecule has 1 aliphatic rings. The van der Waals surface area contributed by atoms with Crippen molar-refractivity contribution in [3.05, 3.63) is 0 Å². The number of likely N-dealkylation sites (N-methyl/N-ethyl adjacent to an activating group) is 1. The molecule has 2 heteroatoms. The molecule has 0 aromatic carbocycles. The lowest BCUT2D eigenvalue weighted by Gasteiger charge is -2.37. The lowest BCUT2D eigenvalue weighted by Crippen LogP contribution is -2.48. The van der Waals surface area contributed by atoms with Crippen LogP contribution in [0.1, 0.15) is 33.1 Å². The fraction of sp³-hybridized carbons (Fsp3) is 1.00. The molecule has 1 aliphatic heterocycles. The van der Waals surface area contributed by atoms with Gasteiger partial charge in [0, 0.05) is 32.2 Å². The lowest BCUT2D eigenvalue weighted by atomic mass is 10.1. The van der Waals surface area contributed by atoms with E-state index >= 15 is 0 Å². The van der Waals surface area contributed by atoms with Crippen LogP contribution in [0.15, 0.2) is 0 Å². The molecule has 0 radical (unpaired) electrons. The minimum absolute atomic E-state index is 0.846. The van der Waals surface area contributed by atoms with Crippen LogP contribution in [0.25, 0.3) is 0 Å². The largest absolute Gasteiger partial charge is 0.304 e. The molecule has 1 rings (SSSR count).